The summed E-state index contributed by atoms with van der Waals surface area (Å²) in [5.41, 5.74) is 3.43. The summed E-state index contributed by atoms with van der Waals surface area (Å²) in [6, 6.07) is 2.98. The van der Waals surface area contributed by atoms with Crippen LogP contribution in [0.2, 0.25) is 5.02 Å². The van der Waals surface area contributed by atoms with Gasteiger partial charge in [-0.05, 0) is 24.1 Å². The van der Waals surface area contributed by atoms with Crippen LogP contribution in [0.3, 0.4) is 0 Å². The Morgan fingerprint density at radius 1 is 1.31 bits per heavy atom. The van der Waals surface area contributed by atoms with Crippen molar-refractivity contribution < 1.29 is 27.1 Å². The topological polar surface area (TPSA) is 70.1 Å². The predicted molar refractivity (Wildman–Crippen MR) is 99.9 cm³/mol. The number of alkyl halides is 3. The van der Waals surface area contributed by atoms with Crippen molar-refractivity contribution >= 4 is 28.4 Å². The average Bonchev–Trinajstić information content (AvgIpc) is 2.98. The first-order valence-electron chi connectivity index (χ1n) is 8.49. The van der Waals surface area contributed by atoms with Gasteiger partial charge in [-0.2, -0.15) is 13.2 Å². The summed E-state index contributed by atoms with van der Waals surface area (Å²) in [6.07, 6.45) is -2.69. The van der Waals surface area contributed by atoms with E-state index in [2.05, 4.69) is 4.98 Å². The van der Waals surface area contributed by atoms with Crippen LogP contribution in [0.15, 0.2) is 30.6 Å². The molecule has 0 unspecified atom stereocenters. The number of hydrogen-bond donors (Lipinski definition) is 1. The van der Waals surface area contributed by atoms with Gasteiger partial charge in [0.1, 0.15) is 10.8 Å². The summed E-state index contributed by atoms with van der Waals surface area (Å²) in [5.74, 6) is -1.84. The first kappa shape index (κ1) is 20.9. The average molecular weight is 430 g/mol. The van der Waals surface area contributed by atoms with Gasteiger partial charge in [0, 0.05) is 11.6 Å². The van der Waals surface area contributed by atoms with Gasteiger partial charge in [0.15, 0.2) is 0 Å². The maximum absolute atomic E-state index is 14.2. The molecule has 10 heteroatoms. The van der Waals surface area contributed by atoms with Crippen LogP contribution in [0.1, 0.15) is 29.8 Å². The van der Waals surface area contributed by atoms with Crippen LogP contribution >= 0.6 is 11.6 Å². The zero-order valence-corrected chi connectivity index (χ0v) is 16.1. The van der Waals surface area contributed by atoms with Crippen molar-refractivity contribution in [1.82, 2.24) is 9.55 Å². The molecule has 3 aromatic rings. The molecule has 2 heterocycles. The van der Waals surface area contributed by atoms with E-state index in [0.29, 0.717) is 6.61 Å². The van der Waals surface area contributed by atoms with E-state index in [1.807, 2.05) is 13.8 Å². The Balaban J connectivity index is 2.18. The van der Waals surface area contributed by atoms with E-state index in [1.54, 1.807) is 0 Å². The van der Waals surface area contributed by atoms with Gasteiger partial charge in [-0.1, -0.05) is 25.4 Å². The first-order valence-corrected chi connectivity index (χ1v) is 8.87. The summed E-state index contributed by atoms with van der Waals surface area (Å²) >= 11 is 6.15. The van der Waals surface area contributed by atoms with E-state index in [4.69, 9.17) is 22.1 Å². The Bertz CT molecular complexity index is 1090. The number of halogens is 5. The van der Waals surface area contributed by atoms with Gasteiger partial charge in [0.25, 0.3) is 5.91 Å². The zero-order valence-electron chi connectivity index (χ0n) is 15.3. The van der Waals surface area contributed by atoms with E-state index < -0.39 is 29.0 Å². The summed E-state index contributed by atoms with van der Waals surface area (Å²) in [5, 5.41) is -0.281. The number of benzene rings is 1. The number of primary amides is 1. The molecule has 0 aliphatic carbocycles. The molecule has 0 bridgehead atoms. The minimum absolute atomic E-state index is 0.0905. The summed E-state index contributed by atoms with van der Waals surface area (Å²) in [7, 11) is 0. The number of rotatable bonds is 5. The molecule has 154 valence electrons. The number of carbonyl (C=O) groups excluding carboxylic acids is 1. The molecule has 1 aromatic carbocycles. The van der Waals surface area contributed by atoms with Crippen molar-refractivity contribution in [2.45, 2.75) is 20.0 Å². The molecule has 2 aromatic heterocycles. The Labute approximate surface area is 168 Å². The number of ether oxygens (including phenoxy) is 1. The van der Waals surface area contributed by atoms with E-state index >= 15 is 0 Å². The number of pyridine rings is 1. The third kappa shape index (κ3) is 4.14. The van der Waals surface area contributed by atoms with Crippen molar-refractivity contribution in [3.05, 3.63) is 52.6 Å². The van der Waals surface area contributed by atoms with Crippen LogP contribution in [-0.4, -0.2) is 22.1 Å². The first-order chi connectivity index (χ1) is 13.5. The maximum atomic E-state index is 14.2. The highest BCUT2D eigenvalue weighted by Crippen LogP contribution is 2.38. The fourth-order valence-electron chi connectivity index (χ4n) is 2.77. The Morgan fingerprint density at radius 3 is 2.55 bits per heavy atom. The van der Waals surface area contributed by atoms with Crippen LogP contribution in [0.25, 0.3) is 16.6 Å². The molecule has 29 heavy (non-hydrogen) atoms. The predicted octanol–water partition coefficient (Wildman–Crippen LogP) is 4.97. The van der Waals surface area contributed by atoms with Crippen molar-refractivity contribution in [2.24, 2.45) is 11.7 Å². The Kier molecular flexibility index (Phi) is 5.44. The second kappa shape index (κ2) is 7.55. The molecule has 2 N–H and O–H groups in total. The van der Waals surface area contributed by atoms with Crippen molar-refractivity contribution in [1.29, 1.82) is 0 Å². The number of hydrogen-bond acceptors (Lipinski definition) is 3. The van der Waals surface area contributed by atoms with E-state index in [9.17, 15) is 22.4 Å². The van der Waals surface area contributed by atoms with Crippen LogP contribution in [0.5, 0.6) is 5.88 Å². The Hall–Kier alpha value is -2.81. The monoisotopic (exact) mass is 429 g/mol. The second-order valence-electron chi connectivity index (χ2n) is 6.81. The van der Waals surface area contributed by atoms with Crippen LogP contribution in [0, 0.1) is 11.7 Å². The molecule has 0 radical (unpaired) electrons. The number of aromatic nitrogens is 2. The van der Waals surface area contributed by atoms with Gasteiger partial charge in [0.05, 0.1) is 35.1 Å². The highest BCUT2D eigenvalue weighted by molar-refractivity contribution is 6.32. The molecule has 0 saturated carbocycles. The van der Waals surface area contributed by atoms with Crippen LogP contribution in [0.4, 0.5) is 17.6 Å². The molecule has 0 aliphatic rings. The maximum Gasteiger partial charge on any atom is 0.418 e. The lowest BCUT2D eigenvalue weighted by Crippen LogP contribution is -2.13. The molecular weight excluding hydrogens is 414 g/mol. The smallest absolute Gasteiger partial charge is 0.418 e. The summed E-state index contributed by atoms with van der Waals surface area (Å²) in [6.45, 7) is 4.22. The van der Waals surface area contributed by atoms with Crippen molar-refractivity contribution in [3.8, 4) is 11.6 Å². The molecule has 3 rings (SSSR count). The van der Waals surface area contributed by atoms with E-state index in [0.717, 1.165) is 22.9 Å². The number of fused-ring (bicyclic) bond motifs is 1. The highest BCUT2D eigenvalue weighted by Gasteiger charge is 2.35. The van der Waals surface area contributed by atoms with E-state index in [-0.39, 0.29) is 33.4 Å². The molecule has 0 spiro atoms. The molecule has 0 atom stereocenters. The lowest BCUT2D eigenvalue weighted by molar-refractivity contribution is -0.136. The fourth-order valence-corrected chi connectivity index (χ4v) is 2.99. The quantitative estimate of drug-likeness (QED) is 0.582. The molecule has 0 saturated heterocycles. The highest BCUT2D eigenvalue weighted by atomic mass is 35.5. The summed E-state index contributed by atoms with van der Waals surface area (Å²) < 4.78 is 61.3. The number of carbonyl (C=O) groups is 1. The SMILES string of the molecule is CC(C)COc1ncc(-n2cc(C(F)(F)F)c3cc(C(N)=O)c(F)cc32)cc1Cl. The standard InChI is InChI=1S/C19H16ClF4N3O2/c1-9(2)8-29-18-14(20)3-10(6-26-18)27-7-13(19(22,23)24)11-4-12(17(25)28)15(21)5-16(11)27/h3-7,9H,8H2,1-2H3,(H2,25,28). The van der Waals surface area contributed by atoms with Gasteiger partial charge in [0.2, 0.25) is 5.88 Å². The number of nitrogens with zero attached hydrogens (tertiary/aromatic N) is 2. The minimum Gasteiger partial charge on any atom is -0.476 e. The van der Waals surface area contributed by atoms with Crippen LogP contribution < -0.4 is 10.5 Å². The normalized spacial score (nSPS) is 12.0. The minimum atomic E-state index is -4.74. The number of amides is 1. The largest absolute Gasteiger partial charge is 0.476 e. The van der Waals surface area contributed by atoms with Crippen LogP contribution in [-0.2, 0) is 6.18 Å². The molecule has 5 nitrogen and oxygen atoms in total. The second-order valence-corrected chi connectivity index (χ2v) is 7.22. The van der Waals surface area contributed by atoms with Gasteiger partial charge in [-0.3, -0.25) is 4.79 Å². The fraction of sp³-hybridized carbons (Fsp3) is 0.263. The van der Waals surface area contributed by atoms with Gasteiger partial charge in [-0.15, -0.1) is 0 Å². The molecule has 0 aliphatic heterocycles. The number of nitrogens with two attached hydrogens (primary N) is 1. The lowest BCUT2D eigenvalue weighted by Gasteiger charge is -2.11. The third-order valence-electron chi connectivity index (χ3n) is 4.09. The molecule has 1 amide bonds. The van der Waals surface area contributed by atoms with E-state index in [1.165, 1.54) is 12.3 Å². The van der Waals surface area contributed by atoms with Gasteiger partial charge >= 0.3 is 6.18 Å². The van der Waals surface area contributed by atoms with Gasteiger partial charge < -0.3 is 15.0 Å². The molecular formula is C19H16ClF4N3O2. The zero-order chi connectivity index (χ0) is 21.5. The molecule has 0 fully saturated rings. The lowest BCUT2D eigenvalue weighted by atomic mass is 10.1. The summed E-state index contributed by atoms with van der Waals surface area (Å²) in [4.78, 5) is 15.4. The van der Waals surface area contributed by atoms with Gasteiger partial charge in [-0.25, -0.2) is 9.37 Å². The third-order valence-corrected chi connectivity index (χ3v) is 4.36. The Morgan fingerprint density at radius 2 is 2.00 bits per heavy atom. The van der Waals surface area contributed by atoms with Crippen molar-refractivity contribution in [2.75, 3.05) is 6.61 Å². The van der Waals surface area contributed by atoms with Crippen molar-refractivity contribution in [3.63, 3.8) is 0 Å².